The first-order valence-corrected chi connectivity index (χ1v) is 6.17. The summed E-state index contributed by atoms with van der Waals surface area (Å²) in [6.07, 6.45) is 6.34. The summed E-state index contributed by atoms with van der Waals surface area (Å²) < 4.78 is 0. The first kappa shape index (κ1) is 12.3. The van der Waals surface area contributed by atoms with Crippen molar-refractivity contribution in [3.05, 3.63) is 0 Å². The van der Waals surface area contributed by atoms with Crippen LogP contribution in [0.25, 0.3) is 0 Å². The summed E-state index contributed by atoms with van der Waals surface area (Å²) in [7, 11) is 0. The van der Waals surface area contributed by atoms with Gasteiger partial charge in [0.1, 0.15) is 0 Å². The van der Waals surface area contributed by atoms with Gasteiger partial charge in [-0.05, 0) is 39.0 Å². The fourth-order valence-electron chi connectivity index (χ4n) is 2.13. The summed E-state index contributed by atoms with van der Waals surface area (Å²) in [5, 5.41) is 3.15. The minimum atomic E-state index is 0.374. The molecule has 0 saturated heterocycles. The second kappa shape index (κ2) is 5.99. The van der Waals surface area contributed by atoms with Gasteiger partial charge in [0.15, 0.2) is 5.96 Å². The molecule has 1 rings (SSSR count). The largest absolute Gasteiger partial charge is 0.370 e. The van der Waals surface area contributed by atoms with Crippen LogP contribution in [0.4, 0.5) is 0 Å². The molecule has 1 fully saturated rings. The number of aliphatic imine (C=N–C) groups is 1. The molecule has 2 atom stereocenters. The highest BCUT2D eigenvalue weighted by atomic mass is 15.1. The van der Waals surface area contributed by atoms with Crippen molar-refractivity contribution in [2.24, 2.45) is 16.6 Å². The van der Waals surface area contributed by atoms with Crippen molar-refractivity contribution in [3.63, 3.8) is 0 Å². The standard InChI is InChI=1S/C12H25N3/c1-9(2)14-12(13)15-11-6-4-5-10(3)7-8-11/h9-11H,4-8H2,1-3H3,(H3,13,14,15). The number of nitrogens with zero attached hydrogens (tertiary/aromatic N) is 1. The minimum Gasteiger partial charge on any atom is -0.370 e. The molecule has 0 aromatic heterocycles. The zero-order valence-electron chi connectivity index (χ0n) is 10.3. The van der Waals surface area contributed by atoms with Crippen LogP contribution in [-0.2, 0) is 0 Å². The maximum atomic E-state index is 5.83. The van der Waals surface area contributed by atoms with E-state index in [4.69, 9.17) is 5.73 Å². The average Bonchev–Trinajstić information content (AvgIpc) is 2.29. The van der Waals surface area contributed by atoms with E-state index < -0.39 is 0 Å². The highest BCUT2D eigenvalue weighted by molar-refractivity contribution is 5.78. The molecule has 3 N–H and O–H groups in total. The number of guanidine groups is 1. The molecule has 0 aromatic rings. The van der Waals surface area contributed by atoms with Crippen LogP contribution in [-0.4, -0.2) is 18.0 Å². The maximum Gasteiger partial charge on any atom is 0.189 e. The minimum absolute atomic E-state index is 0.374. The van der Waals surface area contributed by atoms with E-state index in [0.29, 0.717) is 18.0 Å². The van der Waals surface area contributed by atoms with Crippen LogP contribution < -0.4 is 11.1 Å². The Balaban J connectivity index is 2.42. The summed E-state index contributed by atoms with van der Waals surface area (Å²) in [5.41, 5.74) is 5.83. The van der Waals surface area contributed by atoms with Crippen molar-refractivity contribution in [2.45, 2.75) is 65.0 Å². The lowest BCUT2D eigenvalue weighted by Gasteiger charge is -2.13. The van der Waals surface area contributed by atoms with Gasteiger partial charge in [-0.25, -0.2) is 0 Å². The van der Waals surface area contributed by atoms with E-state index >= 15 is 0 Å². The van der Waals surface area contributed by atoms with Crippen molar-refractivity contribution in [1.29, 1.82) is 0 Å². The van der Waals surface area contributed by atoms with Crippen molar-refractivity contribution in [1.82, 2.24) is 5.32 Å². The number of hydrogen-bond acceptors (Lipinski definition) is 1. The van der Waals surface area contributed by atoms with Crippen molar-refractivity contribution < 1.29 is 0 Å². The quantitative estimate of drug-likeness (QED) is 0.418. The molecule has 0 bridgehead atoms. The molecule has 0 aliphatic heterocycles. The summed E-state index contributed by atoms with van der Waals surface area (Å²) in [5.74, 6) is 1.48. The Hall–Kier alpha value is -0.730. The zero-order chi connectivity index (χ0) is 11.3. The van der Waals surface area contributed by atoms with E-state index in [9.17, 15) is 0 Å². The molecular formula is C12H25N3. The van der Waals surface area contributed by atoms with Crippen LogP contribution in [0.3, 0.4) is 0 Å². The fourth-order valence-corrected chi connectivity index (χ4v) is 2.13. The van der Waals surface area contributed by atoms with Crippen molar-refractivity contribution >= 4 is 5.96 Å². The van der Waals surface area contributed by atoms with Crippen LogP contribution in [0, 0.1) is 5.92 Å². The third-order valence-electron chi connectivity index (χ3n) is 2.99. The Morgan fingerprint density at radius 1 is 1.27 bits per heavy atom. The van der Waals surface area contributed by atoms with Gasteiger partial charge in [-0.15, -0.1) is 0 Å². The van der Waals surface area contributed by atoms with Gasteiger partial charge in [0.2, 0.25) is 0 Å². The second-order valence-electron chi connectivity index (χ2n) is 5.08. The van der Waals surface area contributed by atoms with Gasteiger partial charge in [0.25, 0.3) is 0 Å². The number of hydrogen-bond donors (Lipinski definition) is 2. The highest BCUT2D eigenvalue weighted by Crippen LogP contribution is 2.24. The maximum absolute atomic E-state index is 5.83. The number of rotatable bonds is 2. The highest BCUT2D eigenvalue weighted by Gasteiger charge is 2.15. The lowest BCUT2D eigenvalue weighted by molar-refractivity contribution is 0.498. The van der Waals surface area contributed by atoms with Gasteiger partial charge in [0.05, 0.1) is 6.04 Å². The van der Waals surface area contributed by atoms with Crippen LogP contribution in [0.5, 0.6) is 0 Å². The SMILES string of the molecule is CC1CCCC(N=C(N)NC(C)C)CC1. The third kappa shape index (κ3) is 5.05. The van der Waals surface area contributed by atoms with E-state index in [0.717, 1.165) is 5.92 Å². The molecule has 0 aromatic carbocycles. The summed E-state index contributed by atoms with van der Waals surface area (Å²) in [4.78, 5) is 4.55. The van der Waals surface area contributed by atoms with Crippen LogP contribution in [0.2, 0.25) is 0 Å². The average molecular weight is 211 g/mol. The Bertz CT molecular complexity index is 211. The Kier molecular flexibility index (Phi) is 4.92. The lowest BCUT2D eigenvalue weighted by atomic mass is 10.0. The molecule has 0 amide bonds. The Labute approximate surface area is 93.5 Å². The van der Waals surface area contributed by atoms with E-state index in [-0.39, 0.29) is 0 Å². The summed E-state index contributed by atoms with van der Waals surface area (Å²) in [6.45, 7) is 6.50. The predicted octanol–water partition coefficient (Wildman–Crippen LogP) is 2.27. The predicted molar refractivity (Wildman–Crippen MR) is 65.9 cm³/mol. The van der Waals surface area contributed by atoms with Gasteiger partial charge < -0.3 is 11.1 Å². The summed E-state index contributed by atoms with van der Waals surface area (Å²) in [6, 6.07) is 0.819. The smallest absolute Gasteiger partial charge is 0.189 e. The van der Waals surface area contributed by atoms with Crippen molar-refractivity contribution in [2.75, 3.05) is 0 Å². The van der Waals surface area contributed by atoms with E-state index in [1.54, 1.807) is 0 Å². The molecule has 88 valence electrons. The Morgan fingerprint density at radius 2 is 2.00 bits per heavy atom. The molecule has 0 radical (unpaired) electrons. The molecule has 3 heteroatoms. The lowest BCUT2D eigenvalue weighted by Crippen LogP contribution is -2.37. The molecule has 1 saturated carbocycles. The molecule has 1 aliphatic rings. The topological polar surface area (TPSA) is 50.4 Å². The van der Waals surface area contributed by atoms with Crippen molar-refractivity contribution in [3.8, 4) is 0 Å². The molecule has 0 heterocycles. The zero-order valence-corrected chi connectivity index (χ0v) is 10.3. The second-order valence-corrected chi connectivity index (χ2v) is 5.08. The van der Waals surface area contributed by atoms with Gasteiger partial charge in [-0.2, -0.15) is 0 Å². The van der Waals surface area contributed by atoms with Gasteiger partial charge in [0, 0.05) is 6.04 Å². The summed E-state index contributed by atoms with van der Waals surface area (Å²) >= 11 is 0. The van der Waals surface area contributed by atoms with Gasteiger partial charge in [-0.3, -0.25) is 4.99 Å². The normalized spacial score (nSPS) is 28.9. The van der Waals surface area contributed by atoms with E-state index in [1.165, 1.54) is 32.1 Å². The molecule has 3 nitrogen and oxygen atoms in total. The first-order chi connectivity index (χ1) is 7.08. The molecular weight excluding hydrogens is 186 g/mol. The number of nitrogens with two attached hydrogens (primary N) is 1. The van der Waals surface area contributed by atoms with Crippen LogP contribution in [0.15, 0.2) is 4.99 Å². The van der Waals surface area contributed by atoms with Gasteiger partial charge in [-0.1, -0.05) is 19.8 Å². The Morgan fingerprint density at radius 3 is 2.67 bits per heavy atom. The van der Waals surface area contributed by atoms with E-state index in [2.05, 4.69) is 31.1 Å². The van der Waals surface area contributed by atoms with Crippen LogP contribution in [0.1, 0.15) is 52.9 Å². The molecule has 0 spiro atoms. The monoisotopic (exact) mass is 211 g/mol. The fraction of sp³-hybridized carbons (Fsp3) is 0.917. The van der Waals surface area contributed by atoms with Crippen LogP contribution >= 0.6 is 0 Å². The molecule has 1 aliphatic carbocycles. The third-order valence-corrected chi connectivity index (χ3v) is 2.99. The first-order valence-electron chi connectivity index (χ1n) is 6.17. The van der Waals surface area contributed by atoms with Gasteiger partial charge >= 0.3 is 0 Å². The van der Waals surface area contributed by atoms with E-state index in [1.807, 2.05) is 0 Å². The molecule has 2 unspecified atom stereocenters. The molecule has 15 heavy (non-hydrogen) atoms. The number of nitrogens with one attached hydrogen (secondary N) is 1.